The van der Waals surface area contributed by atoms with Gasteiger partial charge in [-0.15, -0.1) is 0 Å². The predicted molar refractivity (Wildman–Crippen MR) is 55.1 cm³/mol. The summed E-state index contributed by atoms with van der Waals surface area (Å²) in [7, 11) is 0. The topological polar surface area (TPSA) is 29.5 Å². The van der Waals surface area contributed by atoms with Gasteiger partial charge in [0.25, 0.3) is 0 Å². The van der Waals surface area contributed by atoms with Gasteiger partial charge in [0.05, 0.1) is 6.10 Å². The van der Waals surface area contributed by atoms with Crippen LogP contribution in [0.2, 0.25) is 0 Å². The number of rotatable bonds is 2. The molecule has 1 fully saturated rings. The summed E-state index contributed by atoms with van der Waals surface area (Å²) in [6.45, 7) is 0. The number of aliphatic hydroxyl groups excluding tert-OH is 1. The molecule has 1 aliphatic rings. The Hall–Kier alpha value is -1.37. The largest absolute Gasteiger partial charge is 0.481 e. The van der Waals surface area contributed by atoms with Gasteiger partial charge in [0, 0.05) is 0 Å². The molecule has 7 heteroatoms. The van der Waals surface area contributed by atoms with Crippen molar-refractivity contribution in [3.05, 3.63) is 29.1 Å². The summed E-state index contributed by atoms with van der Waals surface area (Å²) in [5, 5.41) is 9.57. The Morgan fingerprint density at radius 1 is 0.789 bits per heavy atom. The van der Waals surface area contributed by atoms with Crippen LogP contribution in [0.3, 0.4) is 0 Å². The van der Waals surface area contributed by atoms with E-state index < -0.39 is 47.0 Å². The molecule has 0 aliphatic heterocycles. The Labute approximate surface area is 105 Å². The highest BCUT2D eigenvalue weighted by atomic mass is 19.2. The molecule has 0 bridgehead atoms. The number of aliphatic hydroxyl groups is 1. The molecule has 19 heavy (non-hydrogen) atoms. The van der Waals surface area contributed by atoms with Crippen molar-refractivity contribution < 1.29 is 31.8 Å². The van der Waals surface area contributed by atoms with Gasteiger partial charge in [-0.3, -0.25) is 0 Å². The van der Waals surface area contributed by atoms with E-state index in [1.807, 2.05) is 0 Å². The molecule has 1 aromatic rings. The molecule has 1 aromatic carbocycles. The van der Waals surface area contributed by atoms with E-state index >= 15 is 0 Å². The molecule has 1 saturated carbocycles. The first-order valence-corrected chi connectivity index (χ1v) is 5.79. The number of hydrogen-bond acceptors (Lipinski definition) is 2. The lowest BCUT2D eigenvalue weighted by Gasteiger charge is -2.28. The second-order valence-electron chi connectivity index (χ2n) is 4.41. The van der Waals surface area contributed by atoms with Crippen LogP contribution >= 0.6 is 0 Å². The van der Waals surface area contributed by atoms with Crippen LogP contribution in [0, 0.1) is 29.1 Å². The van der Waals surface area contributed by atoms with Gasteiger partial charge in [-0.05, 0) is 19.3 Å². The van der Waals surface area contributed by atoms with Crippen LogP contribution in [0.1, 0.15) is 25.7 Å². The molecule has 2 atom stereocenters. The Morgan fingerprint density at radius 3 is 1.79 bits per heavy atom. The van der Waals surface area contributed by atoms with Crippen molar-refractivity contribution >= 4 is 0 Å². The molecule has 0 saturated heterocycles. The first kappa shape index (κ1) is 14.0. The quantitative estimate of drug-likeness (QED) is 0.513. The lowest BCUT2D eigenvalue weighted by molar-refractivity contribution is 0.00197. The predicted octanol–water partition coefficient (Wildman–Crippen LogP) is 3.06. The zero-order valence-corrected chi connectivity index (χ0v) is 9.73. The van der Waals surface area contributed by atoms with Gasteiger partial charge in [0.2, 0.25) is 29.1 Å². The summed E-state index contributed by atoms with van der Waals surface area (Å²) >= 11 is 0. The summed E-state index contributed by atoms with van der Waals surface area (Å²) in [4.78, 5) is 0. The maximum absolute atomic E-state index is 13.4. The first-order chi connectivity index (χ1) is 8.93. The smallest absolute Gasteiger partial charge is 0.207 e. The molecular formula is C12H11F5O2. The van der Waals surface area contributed by atoms with E-state index in [4.69, 9.17) is 4.74 Å². The third-order valence-corrected chi connectivity index (χ3v) is 3.11. The van der Waals surface area contributed by atoms with Gasteiger partial charge in [-0.1, -0.05) is 6.42 Å². The van der Waals surface area contributed by atoms with Crippen molar-refractivity contribution in [2.45, 2.75) is 37.9 Å². The summed E-state index contributed by atoms with van der Waals surface area (Å²) < 4.78 is 70.2. The van der Waals surface area contributed by atoms with Gasteiger partial charge >= 0.3 is 0 Å². The lowest BCUT2D eigenvalue weighted by Crippen LogP contribution is -2.35. The van der Waals surface area contributed by atoms with E-state index in [0.29, 0.717) is 19.3 Å². The second-order valence-corrected chi connectivity index (χ2v) is 4.41. The van der Waals surface area contributed by atoms with Crippen LogP contribution in [-0.4, -0.2) is 17.3 Å². The van der Waals surface area contributed by atoms with E-state index in [0.717, 1.165) is 6.42 Å². The Morgan fingerprint density at radius 2 is 1.26 bits per heavy atom. The van der Waals surface area contributed by atoms with Gasteiger partial charge in [0.1, 0.15) is 6.10 Å². The molecule has 0 radical (unpaired) electrons. The lowest BCUT2D eigenvalue weighted by atomic mass is 9.95. The molecule has 1 N–H and O–H groups in total. The standard InChI is InChI=1S/C12H11F5O2/c13-7-8(14)10(16)12(11(17)9(7)15)19-6-4-2-1-3-5(6)18/h5-6,18H,1-4H2/t5-,6-/m1/s1. The van der Waals surface area contributed by atoms with Gasteiger partial charge in [-0.2, -0.15) is 8.78 Å². The van der Waals surface area contributed by atoms with Crippen molar-refractivity contribution in [3.8, 4) is 5.75 Å². The van der Waals surface area contributed by atoms with Gasteiger partial charge in [0.15, 0.2) is 5.75 Å². The average molecular weight is 282 g/mol. The van der Waals surface area contributed by atoms with Crippen molar-refractivity contribution in [2.75, 3.05) is 0 Å². The van der Waals surface area contributed by atoms with E-state index in [1.165, 1.54) is 0 Å². The maximum Gasteiger partial charge on any atom is 0.207 e. The number of halogens is 5. The zero-order chi connectivity index (χ0) is 14.2. The van der Waals surface area contributed by atoms with E-state index in [-0.39, 0.29) is 0 Å². The molecule has 2 rings (SSSR count). The molecule has 0 aromatic heterocycles. The summed E-state index contributed by atoms with van der Waals surface area (Å²) in [5.41, 5.74) is 0. The normalized spacial score (nSPS) is 23.5. The second kappa shape index (κ2) is 5.32. The minimum Gasteiger partial charge on any atom is -0.481 e. The van der Waals surface area contributed by atoms with Gasteiger partial charge in [-0.25, -0.2) is 13.2 Å². The SMILES string of the molecule is O[C@@H]1CCCC[C@H]1Oc1c(F)c(F)c(F)c(F)c1F. The summed E-state index contributed by atoms with van der Waals surface area (Å²) in [6, 6.07) is 0. The fourth-order valence-corrected chi connectivity index (χ4v) is 2.05. The fraction of sp³-hybridized carbons (Fsp3) is 0.500. The maximum atomic E-state index is 13.4. The minimum absolute atomic E-state index is 0.292. The molecule has 1 aliphatic carbocycles. The minimum atomic E-state index is -2.23. The third-order valence-electron chi connectivity index (χ3n) is 3.11. The first-order valence-electron chi connectivity index (χ1n) is 5.79. The molecule has 0 unspecified atom stereocenters. The fourth-order valence-electron chi connectivity index (χ4n) is 2.05. The Balaban J connectivity index is 2.34. The molecule has 2 nitrogen and oxygen atoms in total. The third kappa shape index (κ3) is 2.51. The van der Waals surface area contributed by atoms with E-state index in [1.54, 1.807) is 0 Å². The number of benzene rings is 1. The van der Waals surface area contributed by atoms with Crippen LogP contribution in [0.25, 0.3) is 0 Å². The molecule has 0 spiro atoms. The van der Waals surface area contributed by atoms with Crippen molar-refractivity contribution in [1.82, 2.24) is 0 Å². The number of hydrogen-bond donors (Lipinski definition) is 1. The van der Waals surface area contributed by atoms with Crippen LogP contribution < -0.4 is 4.74 Å². The van der Waals surface area contributed by atoms with Crippen LogP contribution in [-0.2, 0) is 0 Å². The van der Waals surface area contributed by atoms with Gasteiger partial charge < -0.3 is 9.84 Å². The molecule has 0 amide bonds. The number of ether oxygens (including phenoxy) is 1. The molecule has 106 valence electrons. The molecular weight excluding hydrogens is 271 g/mol. The van der Waals surface area contributed by atoms with Crippen LogP contribution in [0.5, 0.6) is 5.75 Å². The highest BCUT2D eigenvalue weighted by molar-refractivity contribution is 5.30. The Bertz CT molecular complexity index is 462. The van der Waals surface area contributed by atoms with E-state index in [2.05, 4.69) is 0 Å². The Kier molecular flexibility index (Phi) is 3.93. The van der Waals surface area contributed by atoms with Crippen molar-refractivity contribution in [2.24, 2.45) is 0 Å². The average Bonchev–Trinajstić information content (AvgIpc) is 2.41. The van der Waals surface area contributed by atoms with Crippen LogP contribution in [0.4, 0.5) is 22.0 Å². The highest BCUT2D eigenvalue weighted by Crippen LogP contribution is 2.32. The monoisotopic (exact) mass is 282 g/mol. The van der Waals surface area contributed by atoms with Crippen molar-refractivity contribution in [1.29, 1.82) is 0 Å². The summed E-state index contributed by atoms with van der Waals surface area (Å²) in [6.07, 6.45) is 0.0708. The zero-order valence-electron chi connectivity index (χ0n) is 9.73. The molecule has 0 heterocycles. The summed E-state index contributed by atoms with van der Waals surface area (Å²) in [5.74, 6) is -11.7. The van der Waals surface area contributed by atoms with Crippen molar-refractivity contribution in [3.63, 3.8) is 0 Å². The van der Waals surface area contributed by atoms with Crippen LogP contribution in [0.15, 0.2) is 0 Å². The van der Waals surface area contributed by atoms with E-state index in [9.17, 15) is 27.1 Å². The highest BCUT2D eigenvalue weighted by Gasteiger charge is 2.31.